The highest BCUT2D eigenvalue weighted by Gasteiger charge is 2.16. The van der Waals surface area contributed by atoms with Crippen LogP contribution in [-0.4, -0.2) is 27.1 Å². The predicted molar refractivity (Wildman–Crippen MR) is 140 cm³/mol. The van der Waals surface area contributed by atoms with Crippen molar-refractivity contribution < 1.29 is 9.59 Å². The molecule has 9 heteroatoms. The highest BCUT2D eigenvalue weighted by molar-refractivity contribution is 7.99. The largest absolute Gasteiger partial charge is 0.326 e. The summed E-state index contributed by atoms with van der Waals surface area (Å²) in [6.07, 6.45) is 1.64. The highest BCUT2D eigenvalue weighted by Crippen LogP contribution is 2.32. The monoisotopic (exact) mass is 490 g/mol. The van der Waals surface area contributed by atoms with Crippen LogP contribution in [0.2, 0.25) is 0 Å². The van der Waals surface area contributed by atoms with Gasteiger partial charge in [0.2, 0.25) is 11.8 Å². The number of nitrogens with one attached hydrogen (secondary N) is 2. The van der Waals surface area contributed by atoms with E-state index in [4.69, 9.17) is 4.98 Å². The summed E-state index contributed by atoms with van der Waals surface area (Å²) in [4.78, 5) is 43.3. The second-order valence-electron chi connectivity index (χ2n) is 7.39. The first kappa shape index (κ1) is 23.5. The van der Waals surface area contributed by atoms with E-state index in [1.54, 1.807) is 30.3 Å². The molecule has 0 aliphatic carbocycles. The van der Waals surface area contributed by atoms with Gasteiger partial charge in [0, 0.05) is 29.7 Å². The second kappa shape index (κ2) is 10.5. The van der Waals surface area contributed by atoms with Gasteiger partial charge in [0.05, 0.1) is 11.1 Å². The zero-order valence-corrected chi connectivity index (χ0v) is 20.0. The smallest absolute Gasteiger partial charge is 0.263 e. The zero-order valence-electron chi connectivity index (χ0n) is 18.4. The molecule has 0 saturated carbocycles. The molecule has 4 rings (SSSR count). The molecule has 2 aromatic heterocycles. The van der Waals surface area contributed by atoms with Gasteiger partial charge in [0.15, 0.2) is 5.16 Å². The summed E-state index contributed by atoms with van der Waals surface area (Å²) in [7, 11) is 0. The maximum absolute atomic E-state index is 13.2. The SMILES string of the molecule is C=CCn1c(SCC(=O)Nc2cccc(NC(C)=O)c2)nc2sc(-c3ccccc3)cc2c1=O. The lowest BCUT2D eigenvalue weighted by atomic mass is 10.2. The molecule has 7 nitrogen and oxygen atoms in total. The number of thiophene rings is 1. The van der Waals surface area contributed by atoms with Gasteiger partial charge >= 0.3 is 0 Å². The molecule has 0 saturated heterocycles. The van der Waals surface area contributed by atoms with Gasteiger partial charge in [-0.3, -0.25) is 19.0 Å². The Kier molecular flexibility index (Phi) is 7.24. The molecule has 2 heterocycles. The summed E-state index contributed by atoms with van der Waals surface area (Å²) in [6.45, 7) is 5.46. The van der Waals surface area contributed by atoms with Gasteiger partial charge in [-0.25, -0.2) is 4.98 Å². The van der Waals surface area contributed by atoms with Gasteiger partial charge in [-0.05, 0) is 29.8 Å². The summed E-state index contributed by atoms with van der Waals surface area (Å²) < 4.78 is 1.53. The van der Waals surface area contributed by atoms with E-state index in [2.05, 4.69) is 17.2 Å². The highest BCUT2D eigenvalue weighted by atomic mass is 32.2. The first-order valence-electron chi connectivity index (χ1n) is 10.5. The second-order valence-corrected chi connectivity index (χ2v) is 9.37. The summed E-state index contributed by atoms with van der Waals surface area (Å²) in [5, 5.41) is 6.50. The van der Waals surface area contributed by atoms with Gasteiger partial charge in [-0.1, -0.05) is 54.2 Å². The molecule has 0 fully saturated rings. The first-order chi connectivity index (χ1) is 16.4. The Balaban J connectivity index is 1.55. The number of nitrogens with zero attached hydrogens (tertiary/aromatic N) is 2. The molecule has 172 valence electrons. The van der Waals surface area contributed by atoms with Crippen LogP contribution in [0.4, 0.5) is 11.4 Å². The number of fused-ring (bicyclic) bond motifs is 1. The predicted octanol–water partition coefficient (Wildman–Crippen LogP) is 5.00. The number of anilines is 2. The third kappa shape index (κ3) is 5.44. The third-order valence-electron chi connectivity index (χ3n) is 4.79. The molecular formula is C25H22N4O3S2. The fourth-order valence-electron chi connectivity index (χ4n) is 3.35. The Morgan fingerprint density at radius 2 is 1.82 bits per heavy atom. The molecule has 0 atom stereocenters. The molecule has 0 unspecified atom stereocenters. The van der Waals surface area contributed by atoms with Crippen molar-refractivity contribution in [1.82, 2.24) is 9.55 Å². The Morgan fingerprint density at radius 3 is 2.53 bits per heavy atom. The Morgan fingerprint density at radius 1 is 1.09 bits per heavy atom. The molecule has 2 amide bonds. The average molecular weight is 491 g/mol. The number of carbonyl (C=O) groups excluding carboxylic acids is 2. The molecule has 0 spiro atoms. The number of amides is 2. The molecule has 0 aliphatic heterocycles. The van der Waals surface area contributed by atoms with Crippen LogP contribution in [0.1, 0.15) is 6.92 Å². The summed E-state index contributed by atoms with van der Waals surface area (Å²) in [6, 6.07) is 18.6. The molecule has 2 N–H and O–H groups in total. The number of allylic oxidation sites excluding steroid dienone is 1. The van der Waals surface area contributed by atoms with Crippen LogP contribution in [0.15, 0.2) is 83.3 Å². The van der Waals surface area contributed by atoms with E-state index in [-0.39, 0.29) is 23.1 Å². The number of hydrogen-bond acceptors (Lipinski definition) is 6. The lowest BCUT2D eigenvalue weighted by Gasteiger charge is -2.10. The van der Waals surface area contributed by atoms with Crippen LogP contribution in [0.25, 0.3) is 20.7 Å². The lowest BCUT2D eigenvalue weighted by molar-refractivity contribution is -0.114. The summed E-state index contributed by atoms with van der Waals surface area (Å²) >= 11 is 2.64. The van der Waals surface area contributed by atoms with Crippen molar-refractivity contribution >= 4 is 56.5 Å². The van der Waals surface area contributed by atoms with Crippen molar-refractivity contribution in [3.63, 3.8) is 0 Å². The lowest BCUT2D eigenvalue weighted by Crippen LogP contribution is -2.23. The molecule has 34 heavy (non-hydrogen) atoms. The van der Waals surface area contributed by atoms with E-state index < -0.39 is 0 Å². The number of carbonyl (C=O) groups is 2. The average Bonchev–Trinajstić information content (AvgIpc) is 3.25. The summed E-state index contributed by atoms with van der Waals surface area (Å²) in [5.74, 6) is -0.374. The minimum absolute atomic E-state index is 0.0658. The van der Waals surface area contributed by atoms with Crippen LogP contribution in [0.3, 0.4) is 0 Å². The normalized spacial score (nSPS) is 10.7. The number of aromatic nitrogens is 2. The van der Waals surface area contributed by atoms with E-state index in [1.165, 1.54) is 34.6 Å². The fraction of sp³-hybridized carbons (Fsp3) is 0.120. The standard InChI is InChI=1S/C25H22N4O3S2/c1-3-12-29-24(32)20-14-21(17-8-5-4-6-9-17)34-23(20)28-25(29)33-15-22(31)27-19-11-7-10-18(13-19)26-16(2)30/h3-11,13-14H,1,12,15H2,2H3,(H,26,30)(H,27,31). The first-order valence-corrected chi connectivity index (χ1v) is 12.3. The van der Waals surface area contributed by atoms with Gasteiger partial charge in [0.25, 0.3) is 5.56 Å². The quantitative estimate of drug-likeness (QED) is 0.206. The number of benzene rings is 2. The molecule has 2 aromatic carbocycles. The zero-order chi connectivity index (χ0) is 24.1. The fourth-order valence-corrected chi connectivity index (χ4v) is 5.23. The summed E-state index contributed by atoms with van der Waals surface area (Å²) in [5.41, 5.74) is 2.02. The van der Waals surface area contributed by atoms with Crippen molar-refractivity contribution in [2.75, 3.05) is 16.4 Å². The molecule has 0 aliphatic rings. The molecule has 0 radical (unpaired) electrons. The number of rotatable bonds is 8. The van der Waals surface area contributed by atoms with Crippen LogP contribution < -0.4 is 16.2 Å². The van der Waals surface area contributed by atoms with Crippen molar-refractivity contribution in [2.24, 2.45) is 0 Å². The van der Waals surface area contributed by atoms with Crippen LogP contribution in [0.5, 0.6) is 0 Å². The Hall–Kier alpha value is -3.69. The minimum atomic E-state index is -0.249. The number of hydrogen-bond donors (Lipinski definition) is 2. The van der Waals surface area contributed by atoms with Gasteiger partial charge in [-0.15, -0.1) is 17.9 Å². The van der Waals surface area contributed by atoms with Crippen molar-refractivity contribution in [3.8, 4) is 10.4 Å². The number of thioether (sulfide) groups is 1. The van der Waals surface area contributed by atoms with E-state index >= 15 is 0 Å². The maximum Gasteiger partial charge on any atom is 0.263 e. The van der Waals surface area contributed by atoms with Gasteiger partial charge in [0.1, 0.15) is 4.83 Å². The van der Waals surface area contributed by atoms with Crippen LogP contribution >= 0.6 is 23.1 Å². The van der Waals surface area contributed by atoms with E-state index in [0.29, 0.717) is 33.3 Å². The Bertz CT molecular complexity index is 1430. The van der Waals surface area contributed by atoms with Crippen molar-refractivity contribution in [3.05, 3.63) is 83.7 Å². The Labute approximate surface area is 204 Å². The maximum atomic E-state index is 13.2. The molecule has 4 aromatic rings. The van der Waals surface area contributed by atoms with Gasteiger partial charge < -0.3 is 10.6 Å². The van der Waals surface area contributed by atoms with Crippen LogP contribution in [-0.2, 0) is 16.1 Å². The van der Waals surface area contributed by atoms with Gasteiger partial charge in [-0.2, -0.15) is 0 Å². The van der Waals surface area contributed by atoms with E-state index in [9.17, 15) is 14.4 Å². The third-order valence-corrected chi connectivity index (χ3v) is 6.84. The van der Waals surface area contributed by atoms with Crippen molar-refractivity contribution in [2.45, 2.75) is 18.6 Å². The minimum Gasteiger partial charge on any atom is -0.326 e. The topological polar surface area (TPSA) is 93.1 Å². The molecule has 0 bridgehead atoms. The van der Waals surface area contributed by atoms with E-state index in [0.717, 1.165) is 10.4 Å². The van der Waals surface area contributed by atoms with Crippen LogP contribution in [0, 0.1) is 0 Å². The van der Waals surface area contributed by atoms with Crippen molar-refractivity contribution in [1.29, 1.82) is 0 Å². The van der Waals surface area contributed by atoms with E-state index in [1.807, 2.05) is 36.4 Å². The molecular weight excluding hydrogens is 468 g/mol.